The third-order valence-corrected chi connectivity index (χ3v) is 3.27. The van der Waals surface area contributed by atoms with Crippen LogP contribution in [-0.2, 0) is 11.3 Å². The number of aliphatic carboxylic acids is 1. The highest BCUT2D eigenvalue weighted by molar-refractivity contribution is 5.66. The summed E-state index contributed by atoms with van der Waals surface area (Å²) in [5.74, 6) is 0.200. The van der Waals surface area contributed by atoms with Crippen molar-refractivity contribution in [3.63, 3.8) is 0 Å². The van der Waals surface area contributed by atoms with Crippen LogP contribution in [0.15, 0.2) is 12.1 Å². The zero-order chi connectivity index (χ0) is 13.1. The molecule has 0 atom stereocenters. The number of hydrogen-bond acceptors (Lipinski definition) is 3. The zero-order valence-electron chi connectivity index (χ0n) is 10.9. The highest BCUT2D eigenvalue weighted by Crippen LogP contribution is 2.27. The maximum atomic E-state index is 10.6. The van der Waals surface area contributed by atoms with Crippen LogP contribution in [0.4, 0.5) is 0 Å². The maximum Gasteiger partial charge on any atom is 0.304 e. The Hall–Kier alpha value is -1.55. The molecule has 4 nitrogen and oxygen atoms in total. The number of hydrogen-bond donors (Lipinski definition) is 1. The van der Waals surface area contributed by atoms with Crippen molar-refractivity contribution in [3.8, 4) is 5.75 Å². The second-order valence-electron chi connectivity index (χ2n) is 4.83. The van der Waals surface area contributed by atoms with Crippen LogP contribution in [0.2, 0.25) is 0 Å². The van der Waals surface area contributed by atoms with Crippen molar-refractivity contribution in [2.75, 3.05) is 19.7 Å². The molecule has 0 unspecified atom stereocenters. The Balaban J connectivity index is 2.16. The van der Waals surface area contributed by atoms with Gasteiger partial charge < -0.3 is 9.84 Å². The van der Waals surface area contributed by atoms with Crippen molar-refractivity contribution < 1.29 is 14.6 Å². The lowest BCUT2D eigenvalue weighted by molar-refractivity contribution is -0.137. The summed E-state index contributed by atoms with van der Waals surface area (Å²) < 4.78 is 5.76. The van der Waals surface area contributed by atoms with Gasteiger partial charge in [0.1, 0.15) is 12.4 Å². The second kappa shape index (κ2) is 5.40. The van der Waals surface area contributed by atoms with Crippen molar-refractivity contribution in [1.29, 1.82) is 0 Å². The van der Waals surface area contributed by atoms with Crippen LogP contribution in [0.25, 0.3) is 0 Å². The third kappa shape index (κ3) is 3.01. The Labute approximate surface area is 107 Å². The van der Waals surface area contributed by atoms with E-state index in [0.29, 0.717) is 13.2 Å². The molecule has 98 valence electrons. The van der Waals surface area contributed by atoms with Gasteiger partial charge in [0.15, 0.2) is 0 Å². The van der Waals surface area contributed by atoms with E-state index in [-0.39, 0.29) is 6.42 Å². The number of benzene rings is 1. The summed E-state index contributed by atoms with van der Waals surface area (Å²) >= 11 is 0. The number of carbonyl (C=O) groups is 1. The summed E-state index contributed by atoms with van der Waals surface area (Å²) in [5.41, 5.74) is 3.60. The average molecular weight is 249 g/mol. The fraction of sp³-hybridized carbons (Fsp3) is 0.500. The molecule has 0 bridgehead atoms. The van der Waals surface area contributed by atoms with Gasteiger partial charge in [0.05, 0.1) is 6.42 Å². The zero-order valence-corrected chi connectivity index (χ0v) is 10.9. The predicted octanol–water partition coefficient (Wildman–Crippen LogP) is 1.97. The number of carboxylic acids is 1. The Morgan fingerprint density at radius 3 is 2.94 bits per heavy atom. The van der Waals surface area contributed by atoms with E-state index in [0.717, 1.165) is 18.8 Å². The van der Waals surface area contributed by atoms with E-state index in [1.807, 2.05) is 0 Å². The van der Waals surface area contributed by atoms with E-state index in [4.69, 9.17) is 9.84 Å². The fourth-order valence-electron chi connectivity index (χ4n) is 2.32. The first-order valence-corrected chi connectivity index (χ1v) is 6.23. The Bertz CT molecular complexity index is 457. The molecule has 2 rings (SSSR count). The molecular formula is C14H19NO3. The lowest BCUT2D eigenvalue weighted by Crippen LogP contribution is -2.28. The molecule has 1 N–H and O–H groups in total. The maximum absolute atomic E-state index is 10.6. The first kappa shape index (κ1) is 12.9. The van der Waals surface area contributed by atoms with Crippen molar-refractivity contribution in [2.24, 2.45) is 0 Å². The minimum Gasteiger partial charge on any atom is -0.492 e. The van der Waals surface area contributed by atoms with Gasteiger partial charge in [0.25, 0.3) is 0 Å². The van der Waals surface area contributed by atoms with E-state index in [2.05, 4.69) is 30.9 Å². The van der Waals surface area contributed by atoms with E-state index in [9.17, 15) is 4.79 Å². The summed E-state index contributed by atoms with van der Waals surface area (Å²) in [5, 5.41) is 8.74. The number of carboxylic acid groups (broad SMARTS) is 1. The van der Waals surface area contributed by atoms with Gasteiger partial charge in [-0.05, 0) is 31.0 Å². The quantitative estimate of drug-likeness (QED) is 0.889. The topological polar surface area (TPSA) is 49.8 Å². The first-order chi connectivity index (χ1) is 8.56. The molecule has 0 amide bonds. The van der Waals surface area contributed by atoms with Crippen LogP contribution in [0.5, 0.6) is 5.75 Å². The van der Waals surface area contributed by atoms with Crippen LogP contribution in [0.1, 0.15) is 23.1 Å². The van der Waals surface area contributed by atoms with Crippen molar-refractivity contribution >= 4 is 5.97 Å². The smallest absolute Gasteiger partial charge is 0.304 e. The van der Waals surface area contributed by atoms with Crippen molar-refractivity contribution in [3.05, 3.63) is 28.8 Å². The molecule has 1 aromatic carbocycles. The molecule has 18 heavy (non-hydrogen) atoms. The molecule has 1 aromatic rings. The summed E-state index contributed by atoms with van der Waals surface area (Å²) in [6.07, 6.45) is 0.181. The summed E-state index contributed by atoms with van der Waals surface area (Å²) in [6.45, 7) is 6.88. The van der Waals surface area contributed by atoms with E-state index < -0.39 is 5.97 Å². The van der Waals surface area contributed by atoms with E-state index >= 15 is 0 Å². The van der Waals surface area contributed by atoms with Crippen LogP contribution >= 0.6 is 0 Å². The van der Waals surface area contributed by atoms with Gasteiger partial charge in [-0.2, -0.15) is 0 Å². The number of fused-ring (bicyclic) bond motifs is 1. The van der Waals surface area contributed by atoms with Crippen molar-refractivity contribution in [1.82, 2.24) is 4.90 Å². The molecule has 0 saturated heterocycles. The van der Waals surface area contributed by atoms with Gasteiger partial charge in [-0.15, -0.1) is 0 Å². The van der Waals surface area contributed by atoms with Crippen LogP contribution in [-0.4, -0.2) is 35.7 Å². The first-order valence-electron chi connectivity index (χ1n) is 6.23. The molecule has 1 heterocycles. The van der Waals surface area contributed by atoms with Gasteiger partial charge in [0.2, 0.25) is 0 Å². The molecule has 1 aliphatic heterocycles. The number of nitrogens with zero attached hydrogens (tertiary/aromatic N) is 1. The summed E-state index contributed by atoms with van der Waals surface area (Å²) in [4.78, 5) is 12.8. The largest absolute Gasteiger partial charge is 0.492 e. The van der Waals surface area contributed by atoms with Gasteiger partial charge in [-0.3, -0.25) is 9.69 Å². The Morgan fingerprint density at radius 2 is 2.22 bits per heavy atom. The molecule has 0 spiro atoms. The minimum atomic E-state index is -0.749. The SMILES string of the molecule is Cc1cc(C)c2c(c1)OCCN(CCC(=O)O)C2. The van der Waals surface area contributed by atoms with Crippen LogP contribution in [0.3, 0.4) is 0 Å². The van der Waals surface area contributed by atoms with Gasteiger partial charge in [0, 0.05) is 25.2 Å². The molecule has 0 fully saturated rings. The second-order valence-corrected chi connectivity index (χ2v) is 4.83. The third-order valence-electron chi connectivity index (χ3n) is 3.27. The van der Waals surface area contributed by atoms with Crippen LogP contribution < -0.4 is 4.74 Å². The van der Waals surface area contributed by atoms with E-state index in [1.165, 1.54) is 16.7 Å². The summed E-state index contributed by atoms with van der Waals surface area (Å²) in [6, 6.07) is 4.20. The normalized spacial score (nSPS) is 15.7. The monoisotopic (exact) mass is 249 g/mol. The number of rotatable bonds is 3. The van der Waals surface area contributed by atoms with Gasteiger partial charge in [-0.1, -0.05) is 6.07 Å². The molecule has 0 saturated carbocycles. The lowest BCUT2D eigenvalue weighted by Gasteiger charge is -2.19. The molecule has 4 heteroatoms. The molecular weight excluding hydrogens is 230 g/mol. The van der Waals surface area contributed by atoms with Gasteiger partial charge in [-0.25, -0.2) is 0 Å². The Kier molecular flexibility index (Phi) is 3.87. The summed E-state index contributed by atoms with van der Waals surface area (Å²) in [7, 11) is 0. The molecule has 0 aromatic heterocycles. The minimum absolute atomic E-state index is 0.181. The number of ether oxygens (including phenoxy) is 1. The van der Waals surface area contributed by atoms with Crippen molar-refractivity contribution in [2.45, 2.75) is 26.8 Å². The average Bonchev–Trinajstić information content (AvgIpc) is 2.48. The highest BCUT2D eigenvalue weighted by atomic mass is 16.5. The Morgan fingerprint density at radius 1 is 1.44 bits per heavy atom. The number of aryl methyl sites for hydroxylation is 2. The highest BCUT2D eigenvalue weighted by Gasteiger charge is 2.17. The molecule has 0 radical (unpaired) electrons. The standard InChI is InChI=1S/C14H19NO3/c1-10-7-11(2)12-9-15(4-3-14(16)17)5-6-18-13(12)8-10/h7-8H,3-6,9H2,1-2H3,(H,16,17). The van der Waals surface area contributed by atoms with E-state index in [1.54, 1.807) is 0 Å². The lowest BCUT2D eigenvalue weighted by atomic mass is 10.0. The fourth-order valence-corrected chi connectivity index (χ4v) is 2.32. The van der Waals surface area contributed by atoms with Crippen LogP contribution in [0, 0.1) is 13.8 Å². The van der Waals surface area contributed by atoms with Gasteiger partial charge >= 0.3 is 5.97 Å². The predicted molar refractivity (Wildman–Crippen MR) is 68.9 cm³/mol. The molecule has 0 aliphatic carbocycles. The molecule has 1 aliphatic rings.